The second-order valence-electron chi connectivity index (χ2n) is 3.98. The first-order valence-electron chi connectivity index (χ1n) is 6.72. The molecule has 0 saturated carbocycles. The molecule has 0 saturated heterocycles. The van der Waals surface area contributed by atoms with E-state index in [4.69, 9.17) is 19.3 Å². The van der Waals surface area contributed by atoms with Gasteiger partial charge in [0.05, 0.1) is 26.4 Å². The lowest BCUT2D eigenvalue weighted by atomic mass is 10.1. The first kappa shape index (κ1) is 17.4. The molecular weight excluding hydrogens is 236 g/mol. The predicted octanol–water partition coefficient (Wildman–Crippen LogP) is 2.09. The largest absolute Gasteiger partial charge is 0.481 e. The molecule has 0 aliphatic heterocycles. The number of unbranched alkanes of at least 4 members (excludes halogenated alkanes) is 3. The molecule has 18 heavy (non-hydrogen) atoms. The molecule has 0 radical (unpaired) electrons. The number of aliphatic carboxylic acids is 1. The van der Waals surface area contributed by atoms with Crippen molar-refractivity contribution in [1.82, 2.24) is 0 Å². The fraction of sp³-hybridized carbons (Fsp3) is 0.923. The van der Waals surface area contributed by atoms with Crippen LogP contribution in [-0.2, 0) is 19.0 Å². The Bertz CT molecular complexity index is 184. The van der Waals surface area contributed by atoms with Gasteiger partial charge in [-0.15, -0.1) is 0 Å². The Balaban J connectivity index is 2.92. The number of carboxylic acids is 1. The van der Waals surface area contributed by atoms with Crippen molar-refractivity contribution in [3.05, 3.63) is 0 Å². The van der Waals surface area contributed by atoms with Gasteiger partial charge in [0.25, 0.3) is 0 Å². The van der Waals surface area contributed by atoms with Crippen LogP contribution in [0.3, 0.4) is 0 Å². The molecule has 5 heteroatoms. The van der Waals surface area contributed by atoms with E-state index in [0.717, 1.165) is 38.9 Å². The van der Waals surface area contributed by atoms with Gasteiger partial charge in [-0.1, -0.05) is 12.8 Å². The number of ether oxygens (including phenoxy) is 3. The summed E-state index contributed by atoms with van der Waals surface area (Å²) < 4.78 is 15.8. The van der Waals surface area contributed by atoms with E-state index < -0.39 is 5.97 Å². The van der Waals surface area contributed by atoms with Crippen molar-refractivity contribution in [2.24, 2.45) is 0 Å². The van der Waals surface area contributed by atoms with Gasteiger partial charge >= 0.3 is 5.97 Å². The van der Waals surface area contributed by atoms with Gasteiger partial charge < -0.3 is 19.3 Å². The molecule has 0 amide bonds. The monoisotopic (exact) mass is 262 g/mol. The number of carboxylic acid groups (broad SMARTS) is 1. The highest BCUT2D eigenvalue weighted by atomic mass is 16.5. The minimum Gasteiger partial charge on any atom is -0.481 e. The number of carbonyl (C=O) groups is 1. The molecule has 0 aromatic rings. The summed E-state index contributed by atoms with van der Waals surface area (Å²) in [7, 11) is 0. The van der Waals surface area contributed by atoms with Gasteiger partial charge in [-0.3, -0.25) is 4.79 Å². The summed E-state index contributed by atoms with van der Waals surface area (Å²) in [6.07, 6.45) is 4.00. The Morgan fingerprint density at radius 1 is 0.833 bits per heavy atom. The summed E-state index contributed by atoms with van der Waals surface area (Å²) in [6, 6.07) is 0. The molecule has 0 rings (SSSR count). The Kier molecular flexibility index (Phi) is 13.9. The number of hydrogen-bond acceptors (Lipinski definition) is 4. The predicted molar refractivity (Wildman–Crippen MR) is 68.9 cm³/mol. The standard InChI is InChI=1S/C13H26O5/c1-2-16-9-10-18-12-11-17-8-6-4-3-5-7-13(14)15/h2-12H2,1H3,(H,14,15). The van der Waals surface area contributed by atoms with Crippen LogP contribution in [0.15, 0.2) is 0 Å². The summed E-state index contributed by atoms with van der Waals surface area (Å²) in [5.41, 5.74) is 0. The second kappa shape index (κ2) is 14.4. The van der Waals surface area contributed by atoms with E-state index in [2.05, 4.69) is 0 Å². The molecule has 0 aromatic carbocycles. The summed E-state index contributed by atoms with van der Waals surface area (Å²) in [5.74, 6) is -0.713. The molecule has 0 bridgehead atoms. The van der Waals surface area contributed by atoms with Gasteiger partial charge in [0.2, 0.25) is 0 Å². The maximum atomic E-state index is 10.3. The Hall–Kier alpha value is -0.650. The van der Waals surface area contributed by atoms with Crippen LogP contribution in [0.25, 0.3) is 0 Å². The fourth-order valence-corrected chi connectivity index (χ4v) is 1.42. The third-order valence-corrected chi connectivity index (χ3v) is 2.38. The van der Waals surface area contributed by atoms with Crippen molar-refractivity contribution in [2.45, 2.75) is 39.0 Å². The van der Waals surface area contributed by atoms with Crippen LogP contribution in [0.1, 0.15) is 39.0 Å². The van der Waals surface area contributed by atoms with Gasteiger partial charge in [-0.05, 0) is 19.8 Å². The molecule has 1 N–H and O–H groups in total. The highest BCUT2D eigenvalue weighted by molar-refractivity contribution is 5.66. The lowest BCUT2D eigenvalue weighted by Crippen LogP contribution is -2.09. The molecule has 108 valence electrons. The van der Waals surface area contributed by atoms with E-state index in [1.807, 2.05) is 6.92 Å². The van der Waals surface area contributed by atoms with Crippen LogP contribution in [0.5, 0.6) is 0 Å². The summed E-state index contributed by atoms with van der Waals surface area (Å²) in [4.78, 5) is 10.3. The molecule has 0 atom stereocenters. The Labute approximate surface area is 109 Å². The van der Waals surface area contributed by atoms with Gasteiger partial charge in [0.1, 0.15) is 0 Å². The molecule has 0 aliphatic rings. The normalized spacial score (nSPS) is 10.7. The van der Waals surface area contributed by atoms with E-state index in [9.17, 15) is 4.79 Å². The van der Waals surface area contributed by atoms with E-state index in [-0.39, 0.29) is 6.42 Å². The van der Waals surface area contributed by atoms with E-state index in [0.29, 0.717) is 26.4 Å². The average molecular weight is 262 g/mol. The SMILES string of the molecule is CCOCCOCCOCCCCCCC(=O)O. The van der Waals surface area contributed by atoms with Crippen LogP contribution in [0.4, 0.5) is 0 Å². The third kappa shape index (κ3) is 15.4. The highest BCUT2D eigenvalue weighted by Crippen LogP contribution is 2.02. The average Bonchev–Trinajstić information content (AvgIpc) is 2.34. The van der Waals surface area contributed by atoms with Crippen molar-refractivity contribution < 1.29 is 24.1 Å². The van der Waals surface area contributed by atoms with Crippen LogP contribution in [0, 0.1) is 0 Å². The van der Waals surface area contributed by atoms with Crippen LogP contribution in [-0.4, -0.2) is 50.7 Å². The zero-order valence-electron chi connectivity index (χ0n) is 11.4. The minimum absolute atomic E-state index is 0.272. The third-order valence-electron chi connectivity index (χ3n) is 2.38. The maximum Gasteiger partial charge on any atom is 0.303 e. The Morgan fingerprint density at radius 3 is 2.00 bits per heavy atom. The van der Waals surface area contributed by atoms with Gasteiger partial charge in [0.15, 0.2) is 0 Å². The molecule has 0 heterocycles. The molecular formula is C13H26O5. The van der Waals surface area contributed by atoms with Crippen molar-refractivity contribution in [1.29, 1.82) is 0 Å². The molecule has 0 spiro atoms. The number of hydrogen-bond donors (Lipinski definition) is 1. The first-order valence-corrected chi connectivity index (χ1v) is 6.72. The van der Waals surface area contributed by atoms with Crippen molar-refractivity contribution in [3.63, 3.8) is 0 Å². The number of rotatable bonds is 14. The molecule has 0 aromatic heterocycles. The van der Waals surface area contributed by atoms with Crippen LogP contribution < -0.4 is 0 Å². The molecule has 0 aliphatic carbocycles. The lowest BCUT2D eigenvalue weighted by molar-refractivity contribution is -0.137. The topological polar surface area (TPSA) is 65.0 Å². The van der Waals surface area contributed by atoms with Crippen LogP contribution >= 0.6 is 0 Å². The Morgan fingerprint density at radius 2 is 1.39 bits per heavy atom. The molecule has 0 fully saturated rings. The van der Waals surface area contributed by atoms with Crippen molar-refractivity contribution in [3.8, 4) is 0 Å². The van der Waals surface area contributed by atoms with Crippen LogP contribution in [0.2, 0.25) is 0 Å². The zero-order valence-corrected chi connectivity index (χ0v) is 11.4. The fourth-order valence-electron chi connectivity index (χ4n) is 1.42. The zero-order chi connectivity index (χ0) is 13.5. The van der Waals surface area contributed by atoms with Gasteiger partial charge in [-0.25, -0.2) is 0 Å². The first-order chi connectivity index (χ1) is 8.77. The van der Waals surface area contributed by atoms with E-state index in [1.54, 1.807) is 0 Å². The van der Waals surface area contributed by atoms with E-state index >= 15 is 0 Å². The molecule has 5 nitrogen and oxygen atoms in total. The summed E-state index contributed by atoms with van der Waals surface area (Å²) >= 11 is 0. The molecule has 0 unspecified atom stereocenters. The van der Waals surface area contributed by atoms with Crippen molar-refractivity contribution in [2.75, 3.05) is 39.6 Å². The highest BCUT2D eigenvalue weighted by Gasteiger charge is 1.96. The lowest BCUT2D eigenvalue weighted by Gasteiger charge is -2.05. The van der Waals surface area contributed by atoms with Crippen molar-refractivity contribution >= 4 is 5.97 Å². The summed E-state index contributed by atoms with van der Waals surface area (Å²) in [5, 5.41) is 8.44. The van der Waals surface area contributed by atoms with Gasteiger partial charge in [-0.2, -0.15) is 0 Å². The quantitative estimate of drug-likeness (QED) is 0.486. The second-order valence-corrected chi connectivity index (χ2v) is 3.98. The van der Waals surface area contributed by atoms with Gasteiger partial charge in [0, 0.05) is 19.6 Å². The minimum atomic E-state index is -0.713. The smallest absolute Gasteiger partial charge is 0.303 e. The summed E-state index contributed by atoms with van der Waals surface area (Å²) in [6.45, 7) is 5.88. The van der Waals surface area contributed by atoms with E-state index in [1.165, 1.54) is 0 Å². The maximum absolute atomic E-state index is 10.3.